The van der Waals surface area contributed by atoms with Gasteiger partial charge in [0.2, 0.25) is 5.91 Å². The molecule has 1 amide bonds. The van der Waals surface area contributed by atoms with Gasteiger partial charge in [0, 0.05) is 23.7 Å². The second kappa shape index (κ2) is 5.19. The minimum Gasteiger partial charge on any atom is -0.508 e. The van der Waals surface area contributed by atoms with Gasteiger partial charge in [-0.2, -0.15) is 0 Å². The van der Waals surface area contributed by atoms with Crippen molar-refractivity contribution in [2.75, 3.05) is 5.32 Å². The van der Waals surface area contributed by atoms with E-state index in [-0.39, 0.29) is 23.6 Å². The molecule has 0 heterocycles. The number of nitrogens with one attached hydrogen (secondary N) is 1. The van der Waals surface area contributed by atoms with Crippen LogP contribution in [0, 0.1) is 5.92 Å². The van der Waals surface area contributed by atoms with E-state index in [9.17, 15) is 9.90 Å². The number of aromatic hydroxyl groups is 1. The molecular formula is C13H18N2O2. The third-order valence-corrected chi connectivity index (χ3v) is 3.20. The van der Waals surface area contributed by atoms with Crippen LogP contribution in [0.4, 0.5) is 5.69 Å². The molecule has 1 aromatic rings. The van der Waals surface area contributed by atoms with Crippen LogP contribution >= 0.6 is 0 Å². The first-order valence-corrected chi connectivity index (χ1v) is 6.00. The van der Waals surface area contributed by atoms with Crippen LogP contribution in [0.3, 0.4) is 0 Å². The number of nitrogens with two attached hydrogens (primary N) is 1. The highest BCUT2D eigenvalue weighted by atomic mass is 16.3. The fraction of sp³-hybridized carbons (Fsp3) is 0.462. The molecule has 0 saturated heterocycles. The van der Waals surface area contributed by atoms with E-state index in [0.717, 1.165) is 25.7 Å². The average Bonchev–Trinajstić information content (AvgIpc) is 2.29. The van der Waals surface area contributed by atoms with Gasteiger partial charge in [-0.25, -0.2) is 0 Å². The maximum absolute atomic E-state index is 12.0. The van der Waals surface area contributed by atoms with Crippen molar-refractivity contribution >= 4 is 11.6 Å². The van der Waals surface area contributed by atoms with Crippen LogP contribution in [0.2, 0.25) is 0 Å². The van der Waals surface area contributed by atoms with Crippen molar-refractivity contribution < 1.29 is 9.90 Å². The van der Waals surface area contributed by atoms with Crippen molar-refractivity contribution in [2.45, 2.75) is 31.7 Å². The number of anilines is 1. The summed E-state index contributed by atoms with van der Waals surface area (Å²) in [5, 5.41) is 12.1. The van der Waals surface area contributed by atoms with Crippen molar-refractivity contribution in [3.8, 4) is 5.75 Å². The highest BCUT2D eigenvalue weighted by Crippen LogP contribution is 2.25. The molecule has 0 spiro atoms. The quantitative estimate of drug-likeness (QED) is 0.731. The molecule has 0 aliphatic heterocycles. The summed E-state index contributed by atoms with van der Waals surface area (Å²) in [7, 11) is 0. The molecule has 0 bridgehead atoms. The number of phenolic OH excluding ortho intramolecular Hbond substituents is 1. The number of hydrogen-bond acceptors (Lipinski definition) is 3. The monoisotopic (exact) mass is 234 g/mol. The Morgan fingerprint density at radius 1 is 1.41 bits per heavy atom. The summed E-state index contributed by atoms with van der Waals surface area (Å²) in [5.74, 6) is 0.162. The van der Waals surface area contributed by atoms with Crippen molar-refractivity contribution in [1.82, 2.24) is 0 Å². The number of phenols is 1. The molecule has 1 fully saturated rings. The fourth-order valence-corrected chi connectivity index (χ4v) is 2.29. The van der Waals surface area contributed by atoms with Crippen molar-refractivity contribution in [1.29, 1.82) is 0 Å². The van der Waals surface area contributed by atoms with Gasteiger partial charge in [0.05, 0.1) is 0 Å². The lowest BCUT2D eigenvalue weighted by molar-refractivity contribution is -0.120. The molecule has 1 saturated carbocycles. The van der Waals surface area contributed by atoms with Crippen LogP contribution in [0.1, 0.15) is 25.7 Å². The number of amides is 1. The second-order valence-corrected chi connectivity index (χ2v) is 4.66. The molecule has 0 aromatic heterocycles. The molecule has 1 aliphatic carbocycles. The summed E-state index contributed by atoms with van der Waals surface area (Å²) >= 11 is 0. The van der Waals surface area contributed by atoms with E-state index in [4.69, 9.17) is 5.73 Å². The Labute approximate surface area is 101 Å². The molecule has 1 aromatic carbocycles. The minimum atomic E-state index is 0.00102. The van der Waals surface area contributed by atoms with Gasteiger partial charge in [-0.15, -0.1) is 0 Å². The van der Waals surface area contributed by atoms with Gasteiger partial charge in [0.25, 0.3) is 0 Å². The van der Waals surface area contributed by atoms with Crippen molar-refractivity contribution in [2.24, 2.45) is 11.7 Å². The van der Waals surface area contributed by atoms with E-state index in [0.29, 0.717) is 5.69 Å². The van der Waals surface area contributed by atoms with E-state index in [2.05, 4.69) is 5.32 Å². The van der Waals surface area contributed by atoms with Crippen LogP contribution in [0.15, 0.2) is 24.3 Å². The normalized spacial score (nSPS) is 24.3. The predicted octanol–water partition coefficient (Wildman–Crippen LogP) is 1.85. The first-order chi connectivity index (χ1) is 8.15. The minimum absolute atomic E-state index is 0.00102. The highest BCUT2D eigenvalue weighted by molar-refractivity contribution is 5.92. The van der Waals surface area contributed by atoms with Gasteiger partial charge in [0.1, 0.15) is 5.75 Å². The Bertz CT molecular complexity index is 406. The van der Waals surface area contributed by atoms with E-state index >= 15 is 0 Å². The highest BCUT2D eigenvalue weighted by Gasteiger charge is 2.25. The summed E-state index contributed by atoms with van der Waals surface area (Å²) in [6, 6.07) is 6.73. The van der Waals surface area contributed by atoms with E-state index < -0.39 is 0 Å². The third kappa shape index (κ3) is 3.20. The zero-order chi connectivity index (χ0) is 12.3. The van der Waals surface area contributed by atoms with Crippen LogP contribution in [0.5, 0.6) is 5.75 Å². The number of carbonyl (C=O) groups excluding carboxylic acids is 1. The molecule has 2 unspecified atom stereocenters. The number of benzene rings is 1. The number of hydrogen-bond donors (Lipinski definition) is 3. The van der Waals surface area contributed by atoms with Crippen molar-refractivity contribution in [3.63, 3.8) is 0 Å². The van der Waals surface area contributed by atoms with Crippen LogP contribution in [0.25, 0.3) is 0 Å². The van der Waals surface area contributed by atoms with Gasteiger partial charge >= 0.3 is 0 Å². The van der Waals surface area contributed by atoms with Gasteiger partial charge in [-0.1, -0.05) is 12.5 Å². The van der Waals surface area contributed by atoms with E-state index in [1.807, 2.05) is 0 Å². The topological polar surface area (TPSA) is 75.4 Å². The predicted molar refractivity (Wildman–Crippen MR) is 66.7 cm³/mol. The molecule has 4 heteroatoms. The Morgan fingerprint density at radius 3 is 2.94 bits per heavy atom. The fourth-order valence-electron chi connectivity index (χ4n) is 2.29. The zero-order valence-corrected chi connectivity index (χ0v) is 9.73. The average molecular weight is 234 g/mol. The smallest absolute Gasteiger partial charge is 0.227 e. The second-order valence-electron chi connectivity index (χ2n) is 4.66. The lowest BCUT2D eigenvalue weighted by Crippen LogP contribution is -2.34. The summed E-state index contributed by atoms with van der Waals surface area (Å²) < 4.78 is 0. The van der Waals surface area contributed by atoms with Gasteiger partial charge in [-0.3, -0.25) is 4.79 Å². The molecule has 2 rings (SSSR count). The summed E-state index contributed by atoms with van der Waals surface area (Å²) in [6.45, 7) is 0. The molecular weight excluding hydrogens is 216 g/mol. The van der Waals surface area contributed by atoms with Crippen LogP contribution < -0.4 is 11.1 Å². The molecule has 4 nitrogen and oxygen atoms in total. The molecule has 17 heavy (non-hydrogen) atoms. The SMILES string of the molecule is NC1CCCC(C(=O)Nc2cccc(O)c2)C1. The van der Waals surface area contributed by atoms with Crippen LogP contribution in [-0.4, -0.2) is 17.1 Å². The summed E-state index contributed by atoms with van der Waals surface area (Å²) in [5.41, 5.74) is 6.49. The van der Waals surface area contributed by atoms with Gasteiger partial charge < -0.3 is 16.2 Å². The number of carbonyl (C=O) groups is 1. The standard InChI is InChI=1S/C13H18N2O2/c14-10-4-1-3-9(7-10)13(17)15-11-5-2-6-12(16)8-11/h2,5-6,8-10,16H,1,3-4,7,14H2,(H,15,17). The lowest BCUT2D eigenvalue weighted by atomic mass is 9.85. The Kier molecular flexibility index (Phi) is 3.64. The number of rotatable bonds is 2. The molecule has 1 aliphatic rings. The first kappa shape index (κ1) is 11.9. The summed E-state index contributed by atoms with van der Waals surface area (Å²) in [4.78, 5) is 12.0. The van der Waals surface area contributed by atoms with E-state index in [1.54, 1.807) is 24.3 Å². The van der Waals surface area contributed by atoms with Gasteiger partial charge in [-0.05, 0) is 31.4 Å². The first-order valence-electron chi connectivity index (χ1n) is 6.00. The molecule has 2 atom stereocenters. The Balaban J connectivity index is 1.96. The lowest BCUT2D eigenvalue weighted by Gasteiger charge is -2.25. The van der Waals surface area contributed by atoms with Crippen LogP contribution in [-0.2, 0) is 4.79 Å². The Morgan fingerprint density at radius 2 is 2.24 bits per heavy atom. The maximum atomic E-state index is 12.0. The largest absolute Gasteiger partial charge is 0.508 e. The Hall–Kier alpha value is -1.55. The zero-order valence-electron chi connectivity index (χ0n) is 9.73. The van der Waals surface area contributed by atoms with Gasteiger partial charge in [0.15, 0.2) is 0 Å². The molecule has 0 radical (unpaired) electrons. The maximum Gasteiger partial charge on any atom is 0.227 e. The third-order valence-electron chi connectivity index (χ3n) is 3.20. The summed E-state index contributed by atoms with van der Waals surface area (Å²) in [6.07, 6.45) is 3.68. The van der Waals surface area contributed by atoms with E-state index in [1.165, 1.54) is 0 Å². The molecule has 4 N–H and O–H groups in total. The van der Waals surface area contributed by atoms with Crippen molar-refractivity contribution in [3.05, 3.63) is 24.3 Å². The molecule has 92 valence electrons.